The number of hydrogen-bond acceptors (Lipinski definition) is 5. The summed E-state index contributed by atoms with van der Waals surface area (Å²) in [6.45, 7) is 6.11. The van der Waals surface area contributed by atoms with Crippen molar-refractivity contribution in [2.24, 2.45) is 0 Å². The SMILES string of the molecule is CC(C)(C)c1cnc(SCC(=O)O)n1C1CCS(=O)(=O)C1. The van der Waals surface area contributed by atoms with Crippen molar-refractivity contribution in [2.45, 2.75) is 43.8 Å². The second kappa shape index (κ2) is 5.64. The zero-order valence-electron chi connectivity index (χ0n) is 12.4. The molecule has 0 aliphatic carbocycles. The number of rotatable bonds is 4. The highest BCUT2D eigenvalue weighted by Crippen LogP contribution is 2.34. The van der Waals surface area contributed by atoms with Gasteiger partial charge in [0.1, 0.15) is 0 Å². The van der Waals surface area contributed by atoms with Crippen molar-refractivity contribution in [3.8, 4) is 0 Å². The molecule has 1 saturated heterocycles. The summed E-state index contributed by atoms with van der Waals surface area (Å²) in [4.78, 5) is 15.1. The van der Waals surface area contributed by atoms with E-state index in [4.69, 9.17) is 5.11 Å². The number of aliphatic carboxylic acids is 1. The van der Waals surface area contributed by atoms with Gasteiger partial charge in [-0.2, -0.15) is 0 Å². The van der Waals surface area contributed by atoms with Crippen molar-refractivity contribution in [3.63, 3.8) is 0 Å². The lowest BCUT2D eigenvalue weighted by molar-refractivity contribution is -0.133. The topological polar surface area (TPSA) is 89.3 Å². The van der Waals surface area contributed by atoms with E-state index in [1.165, 1.54) is 0 Å². The summed E-state index contributed by atoms with van der Waals surface area (Å²) in [7, 11) is -3.01. The van der Waals surface area contributed by atoms with E-state index in [1.807, 2.05) is 25.3 Å². The summed E-state index contributed by atoms with van der Waals surface area (Å²) in [5.41, 5.74) is 0.763. The fraction of sp³-hybridized carbons (Fsp3) is 0.692. The number of imidazole rings is 1. The van der Waals surface area contributed by atoms with Crippen LogP contribution in [0.15, 0.2) is 11.4 Å². The summed E-state index contributed by atoms with van der Waals surface area (Å²) < 4.78 is 25.4. The Bertz CT molecular complexity index is 644. The average molecular weight is 332 g/mol. The van der Waals surface area contributed by atoms with E-state index < -0.39 is 15.8 Å². The Balaban J connectivity index is 2.39. The van der Waals surface area contributed by atoms with Gasteiger partial charge in [0.2, 0.25) is 0 Å². The van der Waals surface area contributed by atoms with Gasteiger partial charge in [-0.25, -0.2) is 13.4 Å². The zero-order valence-corrected chi connectivity index (χ0v) is 14.0. The number of hydrogen-bond donors (Lipinski definition) is 1. The van der Waals surface area contributed by atoms with Gasteiger partial charge < -0.3 is 9.67 Å². The minimum absolute atomic E-state index is 0.0833. The van der Waals surface area contributed by atoms with Gasteiger partial charge in [0.15, 0.2) is 15.0 Å². The van der Waals surface area contributed by atoms with Gasteiger partial charge in [0.05, 0.1) is 23.3 Å². The van der Waals surface area contributed by atoms with Gasteiger partial charge in [-0.05, 0) is 6.42 Å². The molecule has 1 N–H and O–H groups in total. The van der Waals surface area contributed by atoms with Crippen LogP contribution < -0.4 is 0 Å². The number of thioether (sulfide) groups is 1. The van der Waals surface area contributed by atoms with Crippen molar-refractivity contribution in [3.05, 3.63) is 11.9 Å². The third kappa shape index (κ3) is 3.79. The molecule has 1 unspecified atom stereocenters. The Morgan fingerprint density at radius 1 is 1.52 bits per heavy atom. The Morgan fingerprint density at radius 3 is 2.67 bits per heavy atom. The van der Waals surface area contributed by atoms with Gasteiger partial charge in [-0.3, -0.25) is 4.79 Å². The molecule has 21 heavy (non-hydrogen) atoms. The normalized spacial score (nSPS) is 21.6. The minimum Gasteiger partial charge on any atom is -0.481 e. The van der Waals surface area contributed by atoms with E-state index in [2.05, 4.69) is 4.98 Å². The summed E-state index contributed by atoms with van der Waals surface area (Å²) in [5, 5.41) is 9.41. The number of carboxylic acids is 1. The lowest BCUT2D eigenvalue weighted by Gasteiger charge is -2.25. The van der Waals surface area contributed by atoms with Crippen LogP contribution in [-0.4, -0.2) is 46.3 Å². The molecule has 2 rings (SSSR count). The maximum Gasteiger partial charge on any atom is 0.313 e. The largest absolute Gasteiger partial charge is 0.481 e. The molecular weight excluding hydrogens is 312 g/mol. The molecule has 1 fully saturated rings. The molecule has 0 saturated carbocycles. The first-order chi connectivity index (χ1) is 9.60. The van der Waals surface area contributed by atoms with Crippen molar-refractivity contribution in [2.75, 3.05) is 17.3 Å². The van der Waals surface area contributed by atoms with E-state index in [-0.39, 0.29) is 28.7 Å². The molecule has 1 aliphatic heterocycles. The van der Waals surface area contributed by atoms with E-state index >= 15 is 0 Å². The van der Waals surface area contributed by atoms with Gasteiger partial charge in [0, 0.05) is 17.3 Å². The second-order valence-electron chi connectivity index (χ2n) is 6.29. The van der Waals surface area contributed by atoms with Crippen LogP contribution in [0.1, 0.15) is 38.9 Å². The summed E-state index contributed by atoms with van der Waals surface area (Å²) in [6.07, 6.45) is 2.29. The van der Waals surface area contributed by atoms with Crippen LogP contribution in [0, 0.1) is 0 Å². The molecule has 1 aromatic heterocycles. The molecule has 1 aromatic rings. The average Bonchev–Trinajstić information content (AvgIpc) is 2.88. The van der Waals surface area contributed by atoms with Gasteiger partial charge >= 0.3 is 5.97 Å². The van der Waals surface area contributed by atoms with Crippen LogP contribution >= 0.6 is 11.8 Å². The van der Waals surface area contributed by atoms with Crippen molar-refractivity contribution in [1.82, 2.24) is 9.55 Å². The third-order valence-corrected chi connectivity index (χ3v) is 6.13. The Hall–Kier alpha value is -1.02. The van der Waals surface area contributed by atoms with Gasteiger partial charge in [0.25, 0.3) is 0 Å². The molecule has 6 nitrogen and oxygen atoms in total. The molecule has 0 amide bonds. The second-order valence-corrected chi connectivity index (χ2v) is 9.46. The predicted octanol–water partition coefficient (Wildman–Crippen LogP) is 1.72. The Labute approximate surface area is 128 Å². The molecule has 2 heterocycles. The van der Waals surface area contributed by atoms with Gasteiger partial charge in [-0.15, -0.1) is 0 Å². The Kier molecular flexibility index (Phi) is 4.39. The number of carboxylic acid groups (broad SMARTS) is 1. The fourth-order valence-electron chi connectivity index (χ4n) is 2.46. The number of sulfone groups is 1. The number of aromatic nitrogens is 2. The number of nitrogens with zero attached hydrogens (tertiary/aromatic N) is 2. The number of carbonyl (C=O) groups is 1. The lowest BCUT2D eigenvalue weighted by atomic mass is 9.92. The van der Waals surface area contributed by atoms with Crippen LogP contribution in [0.25, 0.3) is 0 Å². The Morgan fingerprint density at radius 2 is 2.19 bits per heavy atom. The van der Waals surface area contributed by atoms with E-state index in [1.54, 1.807) is 6.20 Å². The molecule has 0 spiro atoms. The van der Waals surface area contributed by atoms with Crippen LogP contribution in [0.3, 0.4) is 0 Å². The minimum atomic E-state index is -3.01. The van der Waals surface area contributed by atoms with Crippen molar-refractivity contribution in [1.29, 1.82) is 0 Å². The van der Waals surface area contributed by atoms with Crippen LogP contribution in [0.4, 0.5) is 0 Å². The van der Waals surface area contributed by atoms with Crippen molar-refractivity contribution < 1.29 is 18.3 Å². The molecular formula is C13H20N2O4S2. The summed E-state index contributed by atoms with van der Waals surface area (Å²) in [6, 6.07) is -0.150. The summed E-state index contributed by atoms with van der Waals surface area (Å²) in [5.74, 6) is -0.707. The predicted molar refractivity (Wildman–Crippen MR) is 81.6 cm³/mol. The molecule has 0 radical (unpaired) electrons. The zero-order chi connectivity index (χ0) is 15.8. The molecule has 1 aliphatic rings. The molecule has 0 aromatic carbocycles. The lowest BCUT2D eigenvalue weighted by Crippen LogP contribution is -2.22. The molecule has 1 atom stereocenters. The quantitative estimate of drug-likeness (QED) is 0.845. The molecule has 0 bridgehead atoms. The smallest absolute Gasteiger partial charge is 0.313 e. The van der Waals surface area contributed by atoms with Crippen LogP contribution in [0.2, 0.25) is 0 Å². The molecule has 118 valence electrons. The van der Waals surface area contributed by atoms with E-state index in [9.17, 15) is 13.2 Å². The highest BCUT2D eigenvalue weighted by atomic mass is 32.2. The standard InChI is InChI=1S/C13H20N2O4S2/c1-13(2,3)10-6-14-12(20-7-11(16)17)15(10)9-4-5-21(18,19)8-9/h6,9H,4-5,7-8H2,1-3H3,(H,16,17). The van der Waals surface area contributed by atoms with E-state index in [0.717, 1.165) is 17.5 Å². The van der Waals surface area contributed by atoms with Crippen LogP contribution in [0.5, 0.6) is 0 Å². The first-order valence-electron chi connectivity index (χ1n) is 6.73. The third-order valence-electron chi connectivity index (χ3n) is 3.43. The summed E-state index contributed by atoms with van der Waals surface area (Å²) >= 11 is 1.14. The first kappa shape index (κ1) is 16.4. The fourth-order valence-corrected chi connectivity index (χ4v) is 4.93. The van der Waals surface area contributed by atoms with Crippen LogP contribution in [-0.2, 0) is 20.0 Å². The highest BCUT2D eigenvalue weighted by molar-refractivity contribution is 7.99. The maximum atomic E-state index is 11.7. The first-order valence-corrected chi connectivity index (χ1v) is 9.53. The molecule has 8 heteroatoms. The van der Waals surface area contributed by atoms with E-state index in [0.29, 0.717) is 11.6 Å². The van der Waals surface area contributed by atoms with Crippen molar-refractivity contribution >= 4 is 27.6 Å². The van der Waals surface area contributed by atoms with Gasteiger partial charge in [-0.1, -0.05) is 32.5 Å². The monoisotopic (exact) mass is 332 g/mol. The maximum absolute atomic E-state index is 11.7. The highest BCUT2D eigenvalue weighted by Gasteiger charge is 2.34.